The van der Waals surface area contributed by atoms with Gasteiger partial charge < -0.3 is 4.90 Å². The smallest absolute Gasteiger partial charge is 0.129 e. The van der Waals surface area contributed by atoms with E-state index in [0.29, 0.717) is 5.02 Å². The van der Waals surface area contributed by atoms with E-state index in [9.17, 15) is 0 Å². The van der Waals surface area contributed by atoms with Gasteiger partial charge in [0.15, 0.2) is 0 Å². The average Bonchev–Trinajstić information content (AvgIpc) is 2.54. The maximum atomic E-state index is 8.85. The zero-order valence-corrected chi connectivity index (χ0v) is 13.0. The first kappa shape index (κ1) is 15.5. The number of hydrogen-bond donors (Lipinski definition) is 0. The third kappa shape index (κ3) is 4.29. The van der Waals surface area contributed by atoms with Gasteiger partial charge in [0.1, 0.15) is 17.7 Å². The Morgan fingerprint density at radius 1 is 1.10 bits per heavy atom. The third-order valence-electron chi connectivity index (χ3n) is 3.14. The van der Waals surface area contributed by atoms with E-state index in [-0.39, 0.29) is 5.57 Å². The van der Waals surface area contributed by atoms with E-state index in [1.54, 1.807) is 6.08 Å². The van der Waals surface area contributed by atoms with Crippen LogP contribution in [0.4, 0.5) is 0 Å². The molecule has 0 spiro atoms. The molecule has 1 fully saturated rings. The summed E-state index contributed by atoms with van der Waals surface area (Å²) in [6, 6.07) is 11.4. The molecular weight excluding hydrogens is 302 g/mol. The van der Waals surface area contributed by atoms with Crippen molar-refractivity contribution in [1.29, 1.82) is 10.5 Å². The summed E-state index contributed by atoms with van der Waals surface area (Å²) >= 11 is 7.88. The van der Waals surface area contributed by atoms with E-state index in [1.807, 2.05) is 54.2 Å². The standard InChI is InChI=1S/C16H14ClN3S/c17-15-4-2-14(3-5-15)16(6-1-13(11-18)12-19)20-7-9-21-10-8-20/h1-6H,7-10H2. The van der Waals surface area contributed by atoms with Crippen LogP contribution in [0.5, 0.6) is 0 Å². The zero-order chi connectivity index (χ0) is 15.1. The molecule has 21 heavy (non-hydrogen) atoms. The summed E-state index contributed by atoms with van der Waals surface area (Å²) in [6.07, 6.45) is 3.42. The highest BCUT2D eigenvalue weighted by Gasteiger charge is 2.14. The number of rotatable bonds is 3. The maximum Gasteiger partial charge on any atom is 0.129 e. The average molecular weight is 316 g/mol. The molecule has 1 aromatic rings. The second kappa shape index (κ2) is 7.78. The molecule has 1 aliphatic heterocycles. The molecule has 0 unspecified atom stereocenters. The first-order valence-electron chi connectivity index (χ1n) is 6.55. The van der Waals surface area contributed by atoms with Crippen LogP contribution >= 0.6 is 23.4 Å². The van der Waals surface area contributed by atoms with Gasteiger partial charge in [-0.2, -0.15) is 22.3 Å². The van der Waals surface area contributed by atoms with Crippen molar-refractivity contribution in [1.82, 2.24) is 4.90 Å². The molecule has 0 N–H and O–H groups in total. The number of halogens is 1. The Bertz CT molecular complexity index is 613. The minimum absolute atomic E-state index is 0.104. The lowest BCUT2D eigenvalue weighted by Crippen LogP contribution is -2.31. The molecule has 0 bridgehead atoms. The summed E-state index contributed by atoms with van der Waals surface area (Å²) < 4.78 is 0. The van der Waals surface area contributed by atoms with Crippen LogP contribution in [0.25, 0.3) is 5.70 Å². The Morgan fingerprint density at radius 3 is 2.29 bits per heavy atom. The lowest BCUT2D eigenvalue weighted by atomic mass is 10.1. The minimum Gasteiger partial charge on any atom is -0.369 e. The number of nitriles is 2. The normalized spacial score (nSPS) is 15.0. The van der Waals surface area contributed by atoms with Crippen molar-refractivity contribution >= 4 is 29.1 Å². The summed E-state index contributed by atoms with van der Waals surface area (Å²) in [6.45, 7) is 1.92. The van der Waals surface area contributed by atoms with Crippen LogP contribution in [-0.2, 0) is 0 Å². The molecule has 2 rings (SSSR count). The van der Waals surface area contributed by atoms with Gasteiger partial charge in [-0.15, -0.1) is 0 Å². The van der Waals surface area contributed by atoms with Crippen LogP contribution in [0.2, 0.25) is 5.02 Å². The highest BCUT2D eigenvalue weighted by atomic mass is 35.5. The van der Waals surface area contributed by atoms with Gasteiger partial charge in [0.2, 0.25) is 0 Å². The fraction of sp³-hybridized carbons (Fsp3) is 0.250. The number of benzene rings is 1. The Kier molecular flexibility index (Phi) is 5.75. The van der Waals surface area contributed by atoms with Crippen molar-refractivity contribution in [3.05, 3.63) is 52.6 Å². The summed E-state index contributed by atoms with van der Waals surface area (Å²) in [4.78, 5) is 2.28. The van der Waals surface area contributed by atoms with Crippen LogP contribution in [0.1, 0.15) is 5.56 Å². The van der Waals surface area contributed by atoms with Gasteiger partial charge in [-0.3, -0.25) is 0 Å². The second-order valence-corrected chi connectivity index (χ2v) is 6.12. The lowest BCUT2D eigenvalue weighted by molar-refractivity contribution is 0.439. The Morgan fingerprint density at radius 2 is 1.71 bits per heavy atom. The number of allylic oxidation sites excluding steroid dienone is 3. The zero-order valence-electron chi connectivity index (χ0n) is 11.4. The largest absolute Gasteiger partial charge is 0.369 e. The predicted octanol–water partition coefficient (Wildman–Crippen LogP) is 3.70. The quantitative estimate of drug-likeness (QED) is 0.630. The highest BCUT2D eigenvalue weighted by molar-refractivity contribution is 7.99. The molecule has 1 aromatic carbocycles. The summed E-state index contributed by atoms with van der Waals surface area (Å²) in [5.74, 6) is 2.16. The van der Waals surface area contributed by atoms with Gasteiger partial charge in [-0.1, -0.05) is 23.7 Å². The first-order chi connectivity index (χ1) is 10.2. The van der Waals surface area contributed by atoms with E-state index in [2.05, 4.69) is 4.90 Å². The van der Waals surface area contributed by atoms with Gasteiger partial charge in [0, 0.05) is 35.3 Å². The van der Waals surface area contributed by atoms with Gasteiger partial charge in [0.05, 0.1) is 0 Å². The van der Waals surface area contributed by atoms with Crippen LogP contribution < -0.4 is 0 Å². The van der Waals surface area contributed by atoms with Crippen molar-refractivity contribution in [2.75, 3.05) is 24.6 Å². The molecule has 1 aliphatic rings. The molecule has 0 amide bonds. The van der Waals surface area contributed by atoms with E-state index < -0.39 is 0 Å². The van der Waals surface area contributed by atoms with E-state index in [0.717, 1.165) is 35.9 Å². The van der Waals surface area contributed by atoms with Crippen molar-refractivity contribution < 1.29 is 0 Å². The van der Waals surface area contributed by atoms with Crippen molar-refractivity contribution in [2.45, 2.75) is 0 Å². The molecule has 0 atom stereocenters. The summed E-state index contributed by atoms with van der Waals surface area (Å²) in [7, 11) is 0. The molecule has 0 saturated carbocycles. The van der Waals surface area contributed by atoms with Crippen molar-refractivity contribution in [3.8, 4) is 12.1 Å². The predicted molar refractivity (Wildman–Crippen MR) is 87.6 cm³/mol. The highest BCUT2D eigenvalue weighted by Crippen LogP contribution is 2.24. The lowest BCUT2D eigenvalue weighted by Gasteiger charge is -2.31. The maximum absolute atomic E-state index is 8.85. The first-order valence-corrected chi connectivity index (χ1v) is 8.08. The topological polar surface area (TPSA) is 50.8 Å². The number of nitrogens with zero attached hydrogens (tertiary/aromatic N) is 3. The van der Waals surface area contributed by atoms with Gasteiger partial charge in [0.25, 0.3) is 0 Å². The van der Waals surface area contributed by atoms with Crippen LogP contribution in [-0.4, -0.2) is 29.5 Å². The minimum atomic E-state index is 0.104. The molecule has 0 radical (unpaired) electrons. The third-order valence-corrected chi connectivity index (χ3v) is 4.34. The molecule has 0 aliphatic carbocycles. The molecular formula is C16H14ClN3S. The van der Waals surface area contributed by atoms with Crippen molar-refractivity contribution in [2.24, 2.45) is 0 Å². The van der Waals surface area contributed by atoms with E-state index >= 15 is 0 Å². The number of hydrogen-bond acceptors (Lipinski definition) is 4. The van der Waals surface area contributed by atoms with Crippen molar-refractivity contribution in [3.63, 3.8) is 0 Å². The monoisotopic (exact) mass is 315 g/mol. The Labute approximate surface area is 134 Å². The molecule has 106 valence electrons. The molecule has 1 saturated heterocycles. The molecule has 3 nitrogen and oxygen atoms in total. The summed E-state index contributed by atoms with van der Waals surface area (Å²) in [5.41, 5.74) is 2.17. The Hall–Kier alpha value is -1.88. The fourth-order valence-electron chi connectivity index (χ4n) is 2.07. The number of thioether (sulfide) groups is 1. The van der Waals surface area contributed by atoms with Crippen LogP contribution in [0.15, 0.2) is 42.0 Å². The van der Waals surface area contributed by atoms with Crippen LogP contribution in [0, 0.1) is 22.7 Å². The van der Waals surface area contributed by atoms with Gasteiger partial charge in [-0.25, -0.2) is 0 Å². The molecule has 5 heteroatoms. The van der Waals surface area contributed by atoms with Crippen LogP contribution in [0.3, 0.4) is 0 Å². The Balaban J connectivity index is 2.37. The second-order valence-electron chi connectivity index (χ2n) is 4.46. The van der Waals surface area contributed by atoms with E-state index in [4.69, 9.17) is 22.1 Å². The summed E-state index contributed by atoms with van der Waals surface area (Å²) in [5, 5.41) is 18.4. The molecule has 0 aromatic heterocycles. The fourth-order valence-corrected chi connectivity index (χ4v) is 3.10. The van der Waals surface area contributed by atoms with E-state index in [1.165, 1.54) is 0 Å². The SMILES string of the molecule is N#CC(C#N)=CC=C(c1ccc(Cl)cc1)N1CCSCC1. The van der Waals surface area contributed by atoms with Gasteiger partial charge in [-0.05, 0) is 29.8 Å². The molecule has 1 heterocycles. The van der Waals surface area contributed by atoms with Gasteiger partial charge >= 0.3 is 0 Å².